The van der Waals surface area contributed by atoms with Gasteiger partial charge in [-0.2, -0.15) is 0 Å². The monoisotopic (exact) mass is 884 g/mol. The van der Waals surface area contributed by atoms with Crippen LogP contribution in [0, 0.1) is 10.4 Å². The molecule has 0 atom stereocenters. The zero-order valence-electron chi connectivity index (χ0n) is 35.3. The van der Waals surface area contributed by atoms with Gasteiger partial charge in [0.25, 0.3) is 11.8 Å². The van der Waals surface area contributed by atoms with E-state index in [4.69, 9.17) is 9.98 Å². The predicted octanol–water partition coefficient (Wildman–Crippen LogP) is 5.95. The van der Waals surface area contributed by atoms with E-state index in [0.717, 1.165) is 0 Å². The molecule has 0 radical (unpaired) electrons. The topological polar surface area (TPSA) is 185 Å². The Balaban J connectivity index is 1.10. The van der Waals surface area contributed by atoms with E-state index in [9.17, 15) is 38.4 Å². The minimum atomic E-state index is -0.576. The lowest BCUT2D eigenvalue weighted by Gasteiger charge is -2.26. The van der Waals surface area contributed by atoms with E-state index < -0.39 is 41.4 Å². The fourth-order valence-corrected chi connectivity index (χ4v) is 10.4. The minimum absolute atomic E-state index is 0.00552. The molecule has 0 saturated heterocycles. The number of nitrogens with zero attached hydrogens (tertiary/aromatic N) is 2. The summed E-state index contributed by atoms with van der Waals surface area (Å²) >= 11 is 0. The summed E-state index contributed by atoms with van der Waals surface area (Å²) in [5, 5.41) is 10.8. The van der Waals surface area contributed by atoms with Gasteiger partial charge in [0.1, 0.15) is 0 Å². The zero-order chi connectivity index (χ0) is 46.3. The molecule has 2 aliphatic heterocycles. The van der Waals surface area contributed by atoms with Crippen molar-refractivity contribution in [2.45, 2.75) is 12.8 Å². The minimum Gasteiger partial charge on any atom is -0.321 e. The number of carbonyl (C=O) groups is 8. The first-order chi connectivity index (χ1) is 33.0. The Hall–Kier alpha value is -9.42. The highest BCUT2D eigenvalue weighted by Gasteiger charge is 2.44. The number of anilines is 2. The standard InChI is InChI=1S/C56H28N4O8/c61-31-16-14-27-21-35-36(22-29(27)19-31)49-44(33-17-15-28-18-30-20-32(62)23-39(63)41(30)51(42(28)48(33)58-49)60-56(68)26-10-5-2-6-11-26)47-46-40(64)24-37-45(52(46)59-50(35)47)53(65)34-12-7-13-38(43(34)54(37)66)57-55(67)25-8-3-1-4-9-25/h1-22H,23-24H2,(H,57,67)(H,60,68). The third-order valence-corrected chi connectivity index (χ3v) is 13.4. The van der Waals surface area contributed by atoms with Crippen molar-refractivity contribution in [1.82, 2.24) is 0 Å². The van der Waals surface area contributed by atoms with Gasteiger partial charge < -0.3 is 10.6 Å². The number of amides is 2. The molecule has 2 amide bonds. The molecule has 0 unspecified atom stereocenters. The highest BCUT2D eigenvalue weighted by Crippen LogP contribution is 2.43. The van der Waals surface area contributed by atoms with Crippen molar-refractivity contribution in [3.05, 3.63) is 191 Å². The number of hydrogen-bond acceptors (Lipinski definition) is 10. The Morgan fingerprint density at radius 2 is 1.32 bits per heavy atom. The first-order valence-electron chi connectivity index (χ1n) is 21.7. The van der Waals surface area contributed by atoms with Crippen LogP contribution in [-0.4, -0.2) is 52.2 Å². The Morgan fingerprint density at radius 1 is 0.574 bits per heavy atom. The summed E-state index contributed by atoms with van der Waals surface area (Å²) in [6.45, 7) is 0. The van der Waals surface area contributed by atoms with E-state index in [1.54, 1.807) is 91.0 Å². The first-order valence-corrected chi connectivity index (χ1v) is 21.7. The highest BCUT2D eigenvalue weighted by atomic mass is 16.2. The van der Waals surface area contributed by atoms with Crippen molar-refractivity contribution >= 4 is 120 Å². The molecule has 13 rings (SSSR count). The number of hydrogen-bond donors (Lipinski definition) is 2. The van der Waals surface area contributed by atoms with Gasteiger partial charge in [0.05, 0.1) is 56.9 Å². The van der Waals surface area contributed by atoms with Gasteiger partial charge in [-0.15, -0.1) is 0 Å². The molecule has 68 heavy (non-hydrogen) atoms. The maximum Gasteiger partial charge on any atom is 0.255 e. The number of aliphatic imine (C=N–C) groups is 1. The van der Waals surface area contributed by atoms with Crippen LogP contribution in [-0.2, 0) is 14.4 Å². The van der Waals surface area contributed by atoms with Crippen molar-refractivity contribution in [2.75, 3.05) is 10.6 Å². The smallest absolute Gasteiger partial charge is 0.255 e. The normalized spacial score (nSPS) is 15.8. The first kappa shape index (κ1) is 39.0. The predicted molar refractivity (Wildman–Crippen MR) is 253 cm³/mol. The number of ketones is 6. The largest absolute Gasteiger partial charge is 0.321 e. The van der Waals surface area contributed by atoms with Crippen molar-refractivity contribution in [2.24, 2.45) is 9.98 Å². The summed E-state index contributed by atoms with van der Waals surface area (Å²) < 4.78 is 0. The number of allylic oxidation sites excluding steroid dienone is 3. The molecule has 12 nitrogen and oxygen atoms in total. The molecule has 6 aliphatic rings. The molecule has 0 aromatic heterocycles. The lowest BCUT2D eigenvalue weighted by Crippen LogP contribution is -2.35. The molecule has 7 aromatic rings. The van der Waals surface area contributed by atoms with Gasteiger partial charge >= 0.3 is 0 Å². The van der Waals surface area contributed by atoms with Gasteiger partial charge in [0, 0.05) is 66.1 Å². The van der Waals surface area contributed by atoms with Crippen LogP contribution >= 0.6 is 0 Å². The summed E-state index contributed by atoms with van der Waals surface area (Å²) in [5.74, 6) is -3.58. The maximum absolute atomic E-state index is 14.9. The summed E-state index contributed by atoms with van der Waals surface area (Å²) in [6, 6.07) is 30.6. The maximum atomic E-state index is 14.9. The average Bonchev–Trinajstić information content (AvgIpc) is 3.93. The van der Waals surface area contributed by atoms with Crippen LogP contribution in [0.1, 0.15) is 70.2 Å². The van der Waals surface area contributed by atoms with Crippen molar-refractivity contribution < 1.29 is 38.4 Å². The van der Waals surface area contributed by atoms with E-state index >= 15 is 0 Å². The van der Waals surface area contributed by atoms with Crippen LogP contribution in [0.25, 0.3) is 45.3 Å². The van der Waals surface area contributed by atoms with E-state index in [1.807, 2.05) is 18.2 Å². The van der Waals surface area contributed by atoms with Crippen LogP contribution in [0.3, 0.4) is 0 Å². The Bertz CT molecular complexity index is 4280. The Morgan fingerprint density at radius 3 is 2.09 bits per heavy atom. The van der Waals surface area contributed by atoms with Crippen LogP contribution in [0.15, 0.2) is 136 Å². The molecule has 0 spiro atoms. The summed E-state index contributed by atoms with van der Waals surface area (Å²) in [4.78, 5) is 121. The second-order valence-corrected chi connectivity index (χ2v) is 17.3. The molecule has 7 aromatic carbocycles. The number of benzene rings is 7. The molecule has 320 valence electrons. The van der Waals surface area contributed by atoms with Gasteiger partial charge in [0.2, 0.25) is 0 Å². The molecule has 4 aliphatic carbocycles. The fraction of sp³-hybridized carbons (Fsp3) is 0.0357. The number of nitrogens with one attached hydrogen (secondary N) is 2. The van der Waals surface area contributed by atoms with E-state index in [2.05, 4.69) is 10.6 Å². The van der Waals surface area contributed by atoms with E-state index in [-0.39, 0.29) is 68.5 Å². The molecule has 2 N–H and O–H groups in total. The Kier molecular flexibility index (Phi) is 8.05. The lowest BCUT2D eigenvalue weighted by atomic mass is 9.74. The quantitative estimate of drug-likeness (QED) is 0.203. The van der Waals surface area contributed by atoms with E-state index in [1.165, 1.54) is 24.3 Å². The molecule has 0 bridgehead atoms. The summed E-state index contributed by atoms with van der Waals surface area (Å²) in [6.07, 6.45) is 5.25. The van der Waals surface area contributed by atoms with Crippen molar-refractivity contribution in [3.8, 4) is 0 Å². The fourth-order valence-electron chi connectivity index (χ4n) is 10.4. The molecule has 2 heterocycles. The molecule has 0 saturated carbocycles. The van der Waals surface area contributed by atoms with Crippen LogP contribution in [0.2, 0.25) is 0 Å². The lowest BCUT2D eigenvalue weighted by molar-refractivity contribution is -0.113. The summed E-state index contributed by atoms with van der Waals surface area (Å²) in [5.41, 5.74) is 2.79. The van der Waals surface area contributed by atoms with Crippen LogP contribution in [0.4, 0.5) is 22.7 Å². The third kappa shape index (κ3) is 5.48. The zero-order valence-corrected chi connectivity index (χ0v) is 35.3. The molecular weight excluding hydrogens is 857 g/mol. The third-order valence-electron chi connectivity index (χ3n) is 13.4. The van der Waals surface area contributed by atoms with E-state index in [0.29, 0.717) is 81.1 Å². The van der Waals surface area contributed by atoms with Crippen LogP contribution < -0.4 is 31.6 Å². The second-order valence-electron chi connectivity index (χ2n) is 17.3. The number of rotatable bonds is 4. The van der Waals surface area contributed by atoms with Crippen molar-refractivity contribution in [3.63, 3.8) is 0 Å². The number of fused-ring (bicyclic) bond motifs is 14. The molecular formula is C56H28N4O8. The van der Waals surface area contributed by atoms with Gasteiger partial charge in [-0.25, -0.2) is 9.98 Å². The van der Waals surface area contributed by atoms with Gasteiger partial charge in [-0.3, -0.25) is 38.4 Å². The van der Waals surface area contributed by atoms with Gasteiger partial charge in [-0.1, -0.05) is 66.7 Å². The highest BCUT2D eigenvalue weighted by molar-refractivity contribution is 6.59. The van der Waals surface area contributed by atoms with Crippen molar-refractivity contribution in [1.29, 1.82) is 0 Å². The molecule has 12 heteroatoms. The average molecular weight is 885 g/mol. The summed E-state index contributed by atoms with van der Waals surface area (Å²) in [7, 11) is 0. The Labute approximate surface area is 382 Å². The number of Topliss-reactive ketones (excluding diaryl/α,β-unsaturated/α-hetero) is 5. The SMILES string of the molecule is O=C1C=Cc2cc3c4c(c5c(c3cc2=C1)=Nc1c=5ccc2cc3c(c(NC(=O)c5ccccc5)c12)C(=O)CC(=O)C=3)=C1C(=O)CC2=C(C(=O)c3cccc(NC(=O)c5ccccc5)c3C2=O)C1=N4. The van der Waals surface area contributed by atoms with Crippen LogP contribution in [0.5, 0.6) is 0 Å². The second kappa shape index (κ2) is 14.0. The van der Waals surface area contributed by atoms with Gasteiger partial charge in [0.15, 0.2) is 34.7 Å². The molecule has 0 fully saturated rings. The van der Waals surface area contributed by atoms with Gasteiger partial charge in [-0.05, 0) is 88.1 Å². The number of carbonyl (C=O) groups excluding carboxylic acids is 8.